The van der Waals surface area contributed by atoms with Crippen molar-refractivity contribution in [3.63, 3.8) is 0 Å². The molecule has 2 N–H and O–H groups in total. The molecule has 0 spiro atoms. The van der Waals surface area contributed by atoms with Crippen molar-refractivity contribution in [3.05, 3.63) is 193 Å². The van der Waals surface area contributed by atoms with Crippen LogP contribution < -0.4 is 26.5 Å². The number of benzene rings is 6. The van der Waals surface area contributed by atoms with Crippen LogP contribution in [0.5, 0.6) is 0 Å². The van der Waals surface area contributed by atoms with Crippen molar-refractivity contribution in [2.75, 3.05) is 92.4 Å². The molecular weight excluding hydrogens is 949 g/mol. The molecule has 0 saturated carbocycles. The monoisotopic (exact) mass is 1030 g/mol. The highest BCUT2D eigenvalue weighted by Crippen LogP contribution is 2.36. The quantitative estimate of drug-likeness (QED) is 0.0312. The Morgan fingerprint density at radius 2 is 0.635 bits per heavy atom. The number of rotatable bonds is 27. The number of nitrogens with two attached hydrogens (primary N) is 1. The normalized spacial score (nSPS) is 11.7. The molecular formula is C64H82N2O6Si2. The molecule has 0 bridgehead atoms. The minimum absolute atomic E-state index is 0.00589. The molecule has 0 atom stereocenters. The summed E-state index contributed by atoms with van der Waals surface area (Å²) in [5.41, 5.74) is 15.5. The van der Waals surface area contributed by atoms with E-state index in [1.807, 2.05) is 0 Å². The first-order valence-corrected chi connectivity index (χ1v) is 30.2. The zero-order valence-electron chi connectivity index (χ0n) is 45.1. The summed E-state index contributed by atoms with van der Waals surface area (Å²) in [5, 5.41) is 5.35. The molecule has 0 aliphatic heterocycles. The first-order chi connectivity index (χ1) is 36.0. The molecule has 0 saturated heterocycles. The fraction of sp³-hybridized carbons (Fsp3) is 0.375. The Bertz CT molecular complexity index is 2400. The van der Waals surface area contributed by atoms with Gasteiger partial charge in [-0.2, -0.15) is 0 Å². The molecule has 392 valence electrons. The van der Waals surface area contributed by atoms with E-state index in [2.05, 4.69) is 251 Å². The van der Waals surface area contributed by atoms with Crippen molar-refractivity contribution in [1.29, 1.82) is 0 Å². The van der Waals surface area contributed by atoms with Gasteiger partial charge in [0.05, 0.1) is 66.1 Å². The van der Waals surface area contributed by atoms with Gasteiger partial charge in [0.15, 0.2) is 0 Å². The maximum absolute atomic E-state index is 5.91. The minimum Gasteiger partial charge on any atom is -0.378 e. The molecule has 0 unspecified atom stereocenters. The van der Waals surface area contributed by atoms with E-state index in [9.17, 15) is 0 Å². The second-order valence-electron chi connectivity index (χ2n) is 20.1. The summed E-state index contributed by atoms with van der Waals surface area (Å²) >= 11 is 0. The number of nitrogens with zero attached hydrogens (tertiary/aromatic N) is 1. The van der Waals surface area contributed by atoms with Crippen LogP contribution in [-0.2, 0) is 41.5 Å². The van der Waals surface area contributed by atoms with E-state index < -0.39 is 16.1 Å². The lowest BCUT2D eigenvalue weighted by atomic mass is 10.1. The predicted molar refractivity (Wildman–Crippen MR) is 312 cm³/mol. The standard InChI is InChI=1S/C39H47NO3Si.C25H35NO3Si/c1-39(2,3)44(37-21-12-6-13-22-37,38-23-14-7-15-24-38)32-16-26-41-28-30-43-31-29-42-27-25-40(33-35-17-8-4-9-18-35)34-36-19-10-5-11-20-36;1-25(2,3)30(23-11-6-4-7-12-23,24-13-8-5-9-14-24)22-10-16-27-18-20-29-21-19-28-17-15-26/h4-15,17-24H,25-31,33-34H2,1-3H3;4-9,11-14H,15-21,26H2,1-3H3. The third-order valence-corrected chi connectivity index (χ3v) is 23.2. The van der Waals surface area contributed by atoms with Crippen molar-refractivity contribution in [1.82, 2.24) is 4.90 Å². The van der Waals surface area contributed by atoms with Gasteiger partial charge in [-0.25, -0.2) is 0 Å². The molecule has 10 heteroatoms. The summed E-state index contributed by atoms with van der Waals surface area (Å²) in [6.45, 7) is 23.4. The molecule has 6 rings (SSSR count). The van der Waals surface area contributed by atoms with Gasteiger partial charge in [-0.3, -0.25) is 4.90 Å². The molecule has 0 fully saturated rings. The summed E-state index contributed by atoms with van der Waals surface area (Å²) in [5.74, 6) is 6.74. The zero-order chi connectivity index (χ0) is 52.6. The van der Waals surface area contributed by atoms with Gasteiger partial charge >= 0.3 is 0 Å². The Labute approximate surface area is 446 Å². The lowest BCUT2D eigenvalue weighted by Gasteiger charge is -2.39. The molecule has 0 amide bonds. The molecule has 0 aliphatic rings. The van der Waals surface area contributed by atoms with Crippen molar-refractivity contribution >= 4 is 36.9 Å². The number of hydrogen-bond donors (Lipinski definition) is 1. The SMILES string of the molecule is CC(C)(C)[Si](C#CCOCCOCCOCCN(Cc1ccccc1)Cc1ccccc1)(c1ccccc1)c1ccccc1.CC(C)(C)[Si](C#CCOCCOCCOCCN)(c1ccccc1)c1ccccc1. The Kier molecular flexibility index (Phi) is 26.3. The van der Waals surface area contributed by atoms with Crippen LogP contribution in [-0.4, -0.2) is 113 Å². The van der Waals surface area contributed by atoms with Crippen LogP contribution in [0.1, 0.15) is 52.7 Å². The van der Waals surface area contributed by atoms with Crippen LogP contribution in [0.3, 0.4) is 0 Å². The minimum atomic E-state index is -2.39. The second kappa shape index (κ2) is 32.8. The molecule has 74 heavy (non-hydrogen) atoms. The van der Waals surface area contributed by atoms with Crippen molar-refractivity contribution in [3.8, 4) is 22.9 Å². The molecule has 0 aliphatic carbocycles. The zero-order valence-corrected chi connectivity index (χ0v) is 47.1. The van der Waals surface area contributed by atoms with Gasteiger partial charge in [0.1, 0.15) is 13.2 Å². The molecule has 0 heterocycles. The third kappa shape index (κ3) is 19.0. The van der Waals surface area contributed by atoms with Gasteiger partial charge in [0, 0.05) is 26.2 Å². The lowest BCUT2D eigenvalue weighted by Crippen LogP contribution is -2.63. The van der Waals surface area contributed by atoms with E-state index in [1.165, 1.54) is 31.9 Å². The van der Waals surface area contributed by atoms with Crippen LogP contribution in [0.25, 0.3) is 0 Å². The first-order valence-electron chi connectivity index (χ1n) is 26.2. The van der Waals surface area contributed by atoms with Crippen molar-refractivity contribution in [2.45, 2.75) is 64.7 Å². The van der Waals surface area contributed by atoms with Crippen LogP contribution >= 0.6 is 0 Å². The van der Waals surface area contributed by atoms with E-state index >= 15 is 0 Å². The molecule has 0 radical (unpaired) electrons. The maximum atomic E-state index is 5.91. The van der Waals surface area contributed by atoms with Crippen LogP contribution in [0.15, 0.2) is 182 Å². The van der Waals surface area contributed by atoms with Crippen molar-refractivity contribution < 1.29 is 28.4 Å². The van der Waals surface area contributed by atoms with Crippen LogP contribution in [0.2, 0.25) is 10.1 Å². The Morgan fingerprint density at radius 1 is 0.365 bits per heavy atom. The Morgan fingerprint density at radius 3 is 0.932 bits per heavy atom. The van der Waals surface area contributed by atoms with E-state index in [-0.39, 0.29) is 10.1 Å². The average Bonchev–Trinajstić information content (AvgIpc) is 3.42. The Hall–Kier alpha value is -5.45. The smallest absolute Gasteiger partial charge is 0.204 e. The van der Waals surface area contributed by atoms with Crippen LogP contribution in [0.4, 0.5) is 0 Å². The number of hydrogen-bond acceptors (Lipinski definition) is 8. The maximum Gasteiger partial charge on any atom is 0.204 e. The summed E-state index contributed by atoms with van der Waals surface area (Å²) in [6, 6.07) is 64.2. The predicted octanol–water partition coefficient (Wildman–Crippen LogP) is 8.95. The summed E-state index contributed by atoms with van der Waals surface area (Å²) in [6.07, 6.45) is 0. The van der Waals surface area contributed by atoms with Gasteiger partial charge in [-0.05, 0) is 42.0 Å². The van der Waals surface area contributed by atoms with E-state index in [0.29, 0.717) is 85.8 Å². The van der Waals surface area contributed by atoms with Gasteiger partial charge in [0.25, 0.3) is 0 Å². The molecule has 0 aromatic heterocycles. The van der Waals surface area contributed by atoms with E-state index in [4.69, 9.17) is 34.2 Å². The summed E-state index contributed by atoms with van der Waals surface area (Å²) < 4.78 is 34.0. The topological polar surface area (TPSA) is 84.6 Å². The second-order valence-corrected chi connectivity index (χ2v) is 28.9. The molecule has 8 nitrogen and oxygen atoms in total. The fourth-order valence-electron chi connectivity index (χ4n) is 9.12. The van der Waals surface area contributed by atoms with Gasteiger partial charge in [0.2, 0.25) is 16.1 Å². The Balaban J connectivity index is 0.000000295. The van der Waals surface area contributed by atoms with Crippen molar-refractivity contribution in [2.24, 2.45) is 5.73 Å². The van der Waals surface area contributed by atoms with E-state index in [1.54, 1.807) is 0 Å². The summed E-state index contributed by atoms with van der Waals surface area (Å²) in [7, 11) is -4.73. The largest absolute Gasteiger partial charge is 0.378 e. The third-order valence-electron chi connectivity index (χ3n) is 12.8. The lowest BCUT2D eigenvalue weighted by molar-refractivity contribution is 0.0146. The average molecular weight is 1030 g/mol. The van der Waals surface area contributed by atoms with Crippen LogP contribution in [0, 0.1) is 22.9 Å². The van der Waals surface area contributed by atoms with Gasteiger partial charge in [-0.1, -0.05) is 235 Å². The number of ether oxygens (including phenoxy) is 6. The highest BCUT2D eigenvalue weighted by atomic mass is 28.3. The van der Waals surface area contributed by atoms with Gasteiger partial charge < -0.3 is 34.2 Å². The molecule has 6 aromatic rings. The van der Waals surface area contributed by atoms with Gasteiger partial charge in [-0.15, -0.1) is 11.1 Å². The molecule has 6 aromatic carbocycles. The summed E-state index contributed by atoms with van der Waals surface area (Å²) in [4.78, 5) is 2.42. The van der Waals surface area contributed by atoms with E-state index in [0.717, 1.165) is 19.6 Å². The fourth-order valence-corrected chi connectivity index (χ4v) is 18.0. The highest BCUT2D eigenvalue weighted by molar-refractivity contribution is 7.10. The highest BCUT2D eigenvalue weighted by Gasteiger charge is 2.48. The first kappa shape index (κ1) is 59.4.